The zero-order valence-electron chi connectivity index (χ0n) is 20.4. The van der Waals surface area contributed by atoms with Gasteiger partial charge < -0.3 is 24.9 Å². The second-order valence-electron chi connectivity index (χ2n) is 9.44. The van der Waals surface area contributed by atoms with Crippen LogP contribution in [0.4, 0.5) is 4.39 Å². The summed E-state index contributed by atoms with van der Waals surface area (Å²) >= 11 is 6.37. The van der Waals surface area contributed by atoms with Crippen molar-refractivity contribution in [1.29, 1.82) is 0 Å². The molecule has 36 heavy (non-hydrogen) atoms. The van der Waals surface area contributed by atoms with Crippen LogP contribution in [0, 0.1) is 5.82 Å². The average molecular weight is 509 g/mol. The molecule has 0 saturated heterocycles. The van der Waals surface area contributed by atoms with Crippen molar-refractivity contribution in [1.82, 2.24) is 14.7 Å². The van der Waals surface area contributed by atoms with Crippen molar-refractivity contribution in [2.45, 2.75) is 43.8 Å². The monoisotopic (exact) mass is 508 g/mol. The minimum atomic E-state index is -0.411. The molecule has 0 amide bonds. The zero-order valence-corrected chi connectivity index (χ0v) is 21.2. The fourth-order valence-electron chi connectivity index (χ4n) is 5.02. The number of nitrogens with zero attached hydrogens (tertiary/aromatic N) is 2. The molecule has 188 valence electrons. The number of halogens is 2. The summed E-state index contributed by atoms with van der Waals surface area (Å²) in [4.78, 5) is 4.84. The fourth-order valence-corrected chi connectivity index (χ4v) is 5.26. The summed E-state index contributed by atoms with van der Waals surface area (Å²) in [6.07, 6.45) is 7.59. The van der Waals surface area contributed by atoms with Gasteiger partial charge >= 0.3 is 0 Å². The van der Waals surface area contributed by atoms with Gasteiger partial charge in [0.2, 0.25) is 0 Å². The fraction of sp³-hybridized carbons (Fsp3) is 0.321. The highest BCUT2D eigenvalue weighted by Crippen LogP contribution is 2.39. The van der Waals surface area contributed by atoms with Gasteiger partial charge in [-0.05, 0) is 67.1 Å². The predicted molar refractivity (Wildman–Crippen MR) is 140 cm³/mol. The van der Waals surface area contributed by atoms with Crippen LogP contribution in [0.3, 0.4) is 0 Å². The molecule has 1 fully saturated rings. The van der Waals surface area contributed by atoms with Crippen LogP contribution in [0.1, 0.15) is 36.8 Å². The van der Waals surface area contributed by atoms with Crippen molar-refractivity contribution >= 4 is 17.2 Å². The van der Waals surface area contributed by atoms with E-state index in [0.29, 0.717) is 29.1 Å². The molecule has 1 aliphatic carbocycles. The molecule has 1 aliphatic rings. The van der Waals surface area contributed by atoms with Crippen LogP contribution >= 0.6 is 11.6 Å². The van der Waals surface area contributed by atoms with E-state index in [0.717, 1.165) is 53.7 Å². The van der Waals surface area contributed by atoms with Crippen LogP contribution in [0.25, 0.3) is 16.9 Å². The van der Waals surface area contributed by atoms with Crippen molar-refractivity contribution in [2.75, 3.05) is 14.2 Å². The van der Waals surface area contributed by atoms with E-state index in [9.17, 15) is 4.39 Å². The summed E-state index contributed by atoms with van der Waals surface area (Å²) in [5.41, 5.74) is 10.9. The number of nitrogens with one attached hydrogen (secondary N) is 1. The van der Waals surface area contributed by atoms with Crippen LogP contribution in [-0.4, -0.2) is 29.6 Å². The number of hydrogen-bond donors (Lipinski definition) is 2. The maximum absolute atomic E-state index is 13.4. The molecule has 3 N–H and O–H groups in total. The van der Waals surface area contributed by atoms with Crippen LogP contribution in [-0.2, 0) is 12.1 Å². The third kappa shape index (κ3) is 4.91. The highest BCUT2D eigenvalue weighted by atomic mass is 35.5. The van der Waals surface area contributed by atoms with Gasteiger partial charge in [-0.25, -0.2) is 9.37 Å². The maximum atomic E-state index is 13.4. The minimum absolute atomic E-state index is 0.204. The topological polar surface area (TPSA) is 73.8 Å². The maximum Gasteiger partial charge on any atom is 0.141 e. The Morgan fingerprint density at radius 3 is 2.61 bits per heavy atom. The molecule has 8 heteroatoms. The average Bonchev–Trinajstić information content (AvgIpc) is 3.32. The van der Waals surface area contributed by atoms with E-state index in [1.807, 2.05) is 28.9 Å². The number of methoxy groups -OCH3 is 2. The largest absolute Gasteiger partial charge is 0.496 e. The molecular formula is C28H30ClFN4O2. The molecule has 5 rings (SSSR count). The van der Waals surface area contributed by atoms with Gasteiger partial charge in [-0.1, -0.05) is 23.7 Å². The standard InChI is InChI=1S/C28H30ClFN4O2/c1-35-25-15-26(36-2)23(29)14-22(25)24-17-34-11-8-19(13-27(34)33-24)28(31)9-6-21(7-10-28)32-16-18-4-3-5-20(30)12-18/h3-5,8,11-15,17,21,32H,6-7,9-10,16,31H2,1-2H3. The van der Waals surface area contributed by atoms with E-state index in [2.05, 4.69) is 17.4 Å². The van der Waals surface area contributed by atoms with Crippen molar-refractivity contribution in [3.05, 3.63) is 82.9 Å². The third-order valence-electron chi connectivity index (χ3n) is 7.15. The number of rotatable bonds is 7. The molecular weight excluding hydrogens is 479 g/mol. The van der Waals surface area contributed by atoms with Gasteiger partial charge in [0.15, 0.2) is 0 Å². The Labute approximate surface area is 215 Å². The van der Waals surface area contributed by atoms with Crippen LogP contribution in [0.2, 0.25) is 5.02 Å². The van der Waals surface area contributed by atoms with Crippen LogP contribution in [0.5, 0.6) is 11.5 Å². The van der Waals surface area contributed by atoms with E-state index < -0.39 is 5.54 Å². The van der Waals surface area contributed by atoms with Crippen LogP contribution in [0.15, 0.2) is 60.9 Å². The summed E-state index contributed by atoms with van der Waals surface area (Å²) in [7, 11) is 3.19. The number of imidazole rings is 1. The van der Waals surface area contributed by atoms with Gasteiger partial charge in [-0.3, -0.25) is 0 Å². The molecule has 2 aromatic heterocycles. The summed E-state index contributed by atoms with van der Waals surface area (Å²) < 4.78 is 26.3. The Balaban J connectivity index is 1.31. The summed E-state index contributed by atoms with van der Waals surface area (Å²) in [6, 6.07) is 14.8. The van der Waals surface area contributed by atoms with Gasteiger partial charge in [-0.15, -0.1) is 0 Å². The Hall–Kier alpha value is -3.13. The molecule has 2 aromatic carbocycles. The lowest BCUT2D eigenvalue weighted by Crippen LogP contribution is -2.45. The molecule has 2 heterocycles. The second-order valence-corrected chi connectivity index (χ2v) is 9.84. The first-order valence-corrected chi connectivity index (χ1v) is 12.4. The molecule has 0 atom stereocenters. The second kappa shape index (κ2) is 10.1. The predicted octanol–water partition coefficient (Wildman–Crippen LogP) is 5.70. The van der Waals surface area contributed by atoms with Gasteiger partial charge in [0.1, 0.15) is 23.0 Å². The summed E-state index contributed by atoms with van der Waals surface area (Å²) in [5, 5.41) is 4.05. The Morgan fingerprint density at radius 1 is 1.11 bits per heavy atom. The van der Waals surface area contributed by atoms with Gasteiger partial charge in [0.25, 0.3) is 0 Å². The van der Waals surface area contributed by atoms with E-state index >= 15 is 0 Å². The van der Waals surface area contributed by atoms with Gasteiger partial charge in [0.05, 0.1) is 24.9 Å². The zero-order chi connectivity index (χ0) is 25.3. The van der Waals surface area contributed by atoms with Crippen molar-refractivity contribution < 1.29 is 13.9 Å². The summed E-state index contributed by atoms with van der Waals surface area (Å²) in [5.74, 6) is 0.985. The number of nitrogens with two attached hydrogens (primary N) is 1. The lowest BCUT2D eigenvalue weighted by Gasteiger charge is -2.38. The molecule has 0 bridgehead atoms. The normalized spacial score (nSPS) is 20.0. The summed E-state index contributed by atoms with van der Waals surface area (Å²) in [6.45, 7) is 0.654. The third-order valence-corrected chi connectivity index (χ3v) is 7.44. The molecule has 4 aromatic rings. The Kier molecular flexibility index (Phi) is 6.88. The number of ether oxygens (including phenoxy) is 2. The molecule has 0 aliphatic heterocycles. The lowest BCUT2D eigenvalue weighted by molar-refractivity contribution is 0.251. The lowest BCUT2D eigenvalue weighted by atomic mass is 9.76. The van der Waals surface area contributed by atoms with Gasteiger partial charge in [0, 0.05) is 42.1 Å². The van der Waals surface area contributed by atoms with Crippen molar-refractivity contribution in [3.63, 3.8) is 0 Å². The smallest absolute Gasteiger partial charge is 0.141 e. The first-order chi connectivity index (χ1) is 17.4. The minimum Gasteiger partial charge on any atom is -0.496 e. The van der Waals surface area contributed by atoms with E-state index in [-0.39, 0.29) is 5.82 Å². The van der Waals surface area contributed by atoms with Crippen molar-refractivity contribution in [2.24, 2.45) is 5.73 Å². The molecule has 6 nitrogen and oxygen atoms in total. The quantitative estimate of drug-likeness (QED) is 0.335. The van der Waals surface area contributed by atoms with E-state index in [1.54, 1.807) is 32.4 Å². The molecule has 1 saturated carbocycles. The van der Waals surface area contributed by atoms with Crippen molar-refractivity contribution in [3.8, 4) is 22.8 Å². The Morgan fingerprint density at radius 2 is 1.89 bits per heavy atom. The SMILES string of the molecule is COc1cc(OC)c(-c2cn3ccc(C4(N)CCC(NCc5cccc(F)c5)CC4)cc3n2)cc1Cl. The molecule has 0 spiro atoms. The molecule has 0 unspecified atom stereocenters. The highest BCUT2D eigenvalue weighted by Gasteiger charge is 2.33. The number of aromatic nitrogens is 2. The number of hydrogen-bond acceptors (Lipinski definition) is 5. The Bertz CT molecular complexity index is 1380. The number of fused-ring (bicyclic) bond motifs is 1. The highest BCUT2D eigenvalue weighted by molar-refractivity contribution is 6.32. The van der Waals surface area contributed by atoms with E-state index in [4.69, 9.17) is 31.8 Å². The first-order valence-electron chi connectivity index (χ1n) is 12.1. The van der Waals surface area contributed by atoms with Gasteiger partial charge in [-0.2, -0.15) is 0 Å². The van der Waals surface area contributed by atoms with Crippen LogP contribution < -0.4 is 20.5 Å². The molecule has 0 radical (unpaired) electrons. The number of pyridine rings is 1. The first kappa shape index (κ1) is 24.6. The number of benzene rings is 2. The van der Waals surface area contributed by atoms with E-state index in [1.165, 1.54) is 6.07 Å².